The Bertz CT molecular complexity index is 2920. The van der Waals surface area contributed by atoms with Crippen molar-refractivity contribution in [2.24, 2.45) is 0 Å². The normalized spacial score (nSPS) is 12.4. The molecule has 0 aliphatic heterocycles. The Hall–Kier alpha value is -6.92. The Morgan fingerprint density at radius 2 is 0.943 bits per heavy atom. The van der Waals surface area contributed by atoms with Gasteiger partial charge in [-0.15, -0.1) is 0 Å². The maximum absolute atomic E-state index is 14.1. The molecular formula is C60H65IN6O3. The van der Waals surface area contributed by atoms with Gasteiger partial charge < -0.3 is 25.8 Å². The Balaban J connectivity index is 1.02. The lowest BCUT2D eigenvalue weighted by atomic mass is 9.94. The first-order valence-electron chi connectivity index (χ1n) is 23.9. The number of rotatable bonds is 14. The predicted octanol–water partition coefficient (Wildman–Crippen LogP) is 16.2. The van der Waals surface area contributed by atoms with E-state index in [1.54, 1.807) is 14.7 Å². The van der Waals surface area contributed by atoms with Crippen molar-refractivity contribution in [2.45, 2.75) is 83.7 Å². The van der Waals surface area contributed by atoms with E-state index >= 15 is 0 Å². The van der Waals surface area contributed by atoms with Gasteiger partial charge in [0.2, 0.25) is 0 Å². The van der Waals surface area contributed by atoms with E-state index in [1.807, 2.05) is 159 Å². The smallest absolute Gasteiger partial charge is 0.321 e. The average Bonchev–Trinajstić information content (AvgIpc) is 3.36. The van der Waals surface area contributed by atoms with E-state index in [0.717, 1.165) is 96.1 Å². The van der Waals surface area contributed by atoms with Gasteiger partial charge in [0.25, 0.3) is 0 Å². The van der Waals surface area contributed by atoms with Crippen LogP contribution in [-0.2, 0) is 6.42 Å². The van der Waals surface area contributed by atoms with Crippen LogP contribution in [0, 0.1) is 27.7 Å². The Labute approximate surface area is 428 Å². The Kier molecular flexibility index (Phi) is 16.5. The number of urea groups is 3. The van der Waals surface area contributed by atoms with Crippen LogP contribution in [0.15, 0.2) is 158 Å². The van der Waals surface area contributed by atoms with E-state index in [2.05, 4.69) is 107 Å². The summed E-state index contributed by atoms with van der Waals surface area (Å²) < 4.78 is 0.0890. The van der Waals surface area contributed by atoms with Gasteiger partial charge in [-0.1, -0.05) is 158 Å². The molecule has 70 heavy (non-hydrogen) atoms. The van der Waals surface area contributed by atoms with Crippen LogP contribution >= 0.6 is 22.6 Å². The summed E-state index contributed by atoms with van der Waals surface area (Å²) in [6, 6.07) is 51.7. The third-order valence-electron chi connectivity index (χ3n) is 13.4. The molecular weight excluding hydrogens is 980 g/mol. The number of aryl methyl sites for hydroxylation is 4. The van der Waals surface area contributed by atoms with Gasteiger partial charge in [-0.25, -0.2) is 14.4 Å². The van der Waals surface area contributed by atoms with Crippen LogP contribution in [0.1, 0.15) is 99.7 Å². The molecule has 0 saturated carbocycles. The van der Waals surface area contributed by atoms with E-state index in [-0.39, 0.29) is 40.0 Å². The third-order valence-corrected chi connectivity index (χ3v) is 14.5. The maximum atomic E-state index is 14.1. The van der Waals surface area contributed by atoms with Crippen molar-refractivity contribution in [2.75, 3.05) is 34.9 Å². The molecule has 0 heterocycles. The van der Waals surface area contributed by atoms with Crippen LogP contribution in [0.25, 0.3) is 11.1 Å². The number of hydrogen-bond donors (Lipinski definition) is 3. The van der Waals surface area contributed by atoms with Crippen molar-refractivity contribution in [3.63, 3.8) is 0 Å². The van der Waals surface area contributed by atoms with Crippen molar-refractivity contribution in [1.29, 1.82) is 0 Å². The molecule has 0 fully saturated rings. The molecule has 0 aliphatic carbocycles. The lowest BCUT2D eigenvalue weighted by molar-refractivity contribution is 0.207. The summed E-state index contributed by atoms with van der Waals surface area (Å²) in [6.45, 7) is 16.4. The number of hydrogen-bond acceptors (Lipinski definition) is 3. The van der Waals surface area contributed by atoms with Gasteiger partial charge in [-0.05, 0) is 151 Å². The molecule has 7 rings (SSSR count). The van der Waals surface area contributed by atoms with Crippen LogP contribution in [0.2, 0.25) is 0 Å². The van der Waals surface area contributed by atoms with E-state index in [0.29, 0.717) is 0 Å². The molecule has 6 amide bonds. The molecule has 360 valence electrons. The molecule has 7 aromatic carbocycles. The molecule has 10 heteroatoms. The number of anilines is 5. The van der Waals surface area contributed by atoms with Crippen molar-refractivity contribution in [1.82, 2.24) is 9.80 Å². The largest absolute Gasteiger partial charge is 0.330 e. The van der Waals surface area contributed by atoms with Crippen LogP contribution in [-0.4, -0.2) is 42.0 Å². The van der Waals surface area contributed by atoms with Crippen LogP contribution < -0.4 is 20.9 Å². The minimum atomic E-state index is -0.256. The van der Waals surface area contributed by atoms with E-state index in [4.69, 9.17) is 0 Å². The average molecular weight is 1050 g/mol. The third kappa shape index (κ3) is 11.7. The lowest BCUT2D eigenvalue weighted by Crippen LogP contribution is -2.34. The minimum absolute atomic E-state index is 0.0890. The number of halogens is 1. The van der Waals surface area contributed by atoms with E-state index in [9.17, 15) is 14.4 Å². The summed E-state index contributed by atoms with van der Waals surface area (Å²) in [5, 5.41) is 9.68. The van der Waals surface area contributed by atoms with Crippen LogP contribution in [0.5, 0.6) is 0 Å². The van der Waals surface area contributed by atoms with Crippen molar-refractivity contribution in [3.05, 3.63) is 208 Å². The number of carbonyl (C=O) groups is 3. The molecule has 0 saturated heterocycles. The molecule has 9 nitrogen and oxygen atoms in total. The number of nitrogens with zero attached hydrogens (tertiary/aromatic N) is 3. The second kappa shape index (κ2) is 22.7. The zero-order valence-electron chi connectivity index (χ0n) is 42.0. The quantitative estimate of drug-likeness (QED) is 0.0748. The minimum Gasteiger partial charge on any atom is -0.321 e. The highest BCUT2D eigenvalue weighted by atomic mass is 127. The van der Waals surface area contributed by atoms with Crippen molar-refractivity contribution in [3.8, 4) is 11.1 Å². The molecule has 3 unspecified atom stereocenters. The van der Waals surface area contributed by atoms with Gasteiger partial charge in [0.05, 0.1) is 29.1 Å². The Morgan fingerprint density at radius 1 is 0.471 bits per heavy atom. The zero-order valence-corrected chi connectivity index (χ0v) is 44.1. The number of carbonyl (C=O) groups excluding carboxylic acids is 3. The van der Waals surface area contributed by atoms with Crippen LogP contribution in [0.4, 0.5) is 42.8 Å². The first kappa shape index (κ1) is 50.9. The maximum Gasteiger partial charge on any atom is 0.330 e. The molecule has 0 aliphatic rings. The highest BCUT2D eigenvalue weighted by molar-refractivity contribution is 14.1. The lowest BCUT2D eigenvalue weighted by Gasteiger charge is -2.28. The SMILES string of the molecule is Cc1cccc(C)c1NC(=O)N(c1ccccc1)c1cccc(-c2cc(C)c(NC(=O)N(C)C(C)c3ccc(CC(I)c4cccc(C(C)C)c4NC(=O)N(C)C(C)c4ccccc4)cc3)c(C)c2)c1. The van der Waals surface area contributed by atoms with Gasteiger partial charge >= 0.3 is 18.1 Å². The fourth-order valence-corrected chi connectivity index (χ4v) is 9.96. The summed E-state index contributed by atoms with van der Waals surface area (Å²) in [5.41, 5.74) is 15.1. The van der Waals surface area contributed by atoms with E-state index < -0.39 is 0 Å². The van der Waals surface area contributed by atoms with Gasteiger partial charge in [0.1, 0.15) is 0 Å². The zero-order chi connectivity index (χ0) is 50.2. The van der Waals surface area contributed by atoms with Gasteiger partial charge in [-0.3, -0.25) is 4.90 Å². The first-order chi connectivity index (χ1) is 33.5. The molecule has 0 radical (unpaired) electrons. The number of nitrogens with one attached hydrogen (secondary N) is 3. The standard InChI is InChI=1S/C60H65IN6O3/c1-38(2)52-28-19-29-53(57(52)64-59(69)65(9)43(7)46-22-13-11-14-23-46)54(61)36-45-30-32-47(33-31-45)44(8)66(10)58(68)62-56-41(5)34-49(35-42(56)6)48-24-18-27-51(37-48)67(50-25-15-12-16-26-50)60(70)63-55-39(3)20-17-21-40(55)4/h11-35,37-38,43-44,54H,36H2,1-10H3,(H,62,68)(H,63,70)(H,64,69). The number of amides is 6. The van der Waals surface area contributed by atoms with Crippen LogP contribution in [0.3, 0.4) is 0 Å². The summed E-state index contributed by atoms with van der Waals surface area (Å²) >= 11 is 2.50. The summed E-state index contributed by atoms with van der Waals surface area (Å²) in [4.78, 5) is 47.0. The highest BCUT2D eigenvalue weighted by Crippen LogP contribution is 2.39. The van der Waals surface area contributed by atoms with Crippen molar-refractivity contribution >= 4 is 69.1 Å². The monoisotopic (exact) mass is 1040 g/mol. The van der Waals surface area contributed by atoms with Crippen molar-refractivity contribution < 1.29 is 14.4 Å². The number of alkyl halides is 1. The second-order valence-electron chi connectivity index (χ2n) is 18.6. The first-order valence-corrected chi connectivity index (χ1v) is 25.2. The van der Waals surface area contributed by atoms with Gasteiger partial charge in [0, 0.05) is 29.4 Å². The molecule has 0 bridgehead atoms. The molecule has 3 N–H and O–H groups in total. The number of benzene rings is 7. The Morgan fingerprint density at radius 3 is 1.53 bits per heavy atom. The summed E-state index contributed by atoms with van der Waals surface area (Å²) in [5.74, 6) is 0.218. The van der Waals surface area contributed by atoms with Gasteiger partial charge in [0.15, 0.2) is 0 Å². The second-order valence-corrected chi connectivity index (χ2v) is 20.1. The fourth-order valence-electron chi connectivity index (χ4n) is 8.93. The number of para-hydroxylation sites is 3. The molecule has 7 aromatic rings. The molecule has 3 atom stereocenters. The summed E-state index contributed by atoms with van der Waals surface area (Å²) in [7, 11) is 3.67. The predicted molar refractivity (Wildman–Crippen MR) is 299 cm³/mol. The van der Waals surface area contributed by atoms with Gasteiger partial charge in [-0.2, -0.15) is 0 Å². The highest BCUT2D eigenvalue weighted by Gasteiger charge is 2.25. The molecule has 0 spiro atoms. The van der Waals surface area contributed by atoms with E-state index in [1.165, 1.54) is 0 Å². The fraction of sp³-hybridized carbons (Fsp3) is 0.250. The summed E-state index contributed by atoms with van der Waals surface area (Å²) in [6.07, 6.45) is 0.763. The molecule has 0 aromatic heterocycles. The topological polar surface area (TPSA) is 97.0 Å².